The monoisotopic (exact) mass is 501 g/mol. The van der Waals surface area contributed by atoms with Crippen LogP contribution >= 0.6 is 43.5 Å². The molecule has 0 aliphatic rings. The minimum absolute atomic E-state index is 0.0707. The van der Waals surface area contributed by atoms with Crippen LogP contribution in [-0.4, -0.2) is 15.7 Å². The van der Waals surface area contributed by atoms with Crippen molar-refractivity contribution in [2.45, 2.75) is 6.73 Å². The molecule has 0 aliphatic heterocycles. The average molecular weight is 504 g/mol. The molecule has 3 rings (SSSR count). The SMILES string of the molecule is O=C(Nc1ccc(Br)cc1F)c1ccn(COc2ccc(Br)cc2Cl)n1. The lowest BCUT2D eigenvalue weighted by Crippen LogP contribution is -2.15. The van der Waals surface area contributed by atoms with E-state index in [1.54, 1.807) is 30.5 Å². The van der Waals surface area contributed by atoms with Gasteiger partial charge in [0.05, 0.1) is 10.7 Å². The van der Waals surface area contributed by atoms with Gasteiger partial charge in [-0.15, -0.1) is 0 Å². The molecule has 1 heterocycles. The zero-order chi connectivity index (χ0) is 18.7. The predicted molar refractivity (Wildman–Crippen MR) is 104 cm³/mol. The van der Waals surface area contributed by atoms with E-state index in [1.807, 2.05) is 0 Å². The van der Waals surface area contributed by atoms with Crippen LogP contribution in [0.4, 0.5) is 10.1 Å². The van der Waals surface area contributed by atoms with Gasteiger partial charge in [0.2, 0.25) is 0 Å². The number of hydrogen-bond donors (Lipinski definition) is 1. The molecule has 5 nitrogen and oxygen atoms in total. The maximum absolute atomic E-state index is 13.8. The van der Waals surface area contributed by atoms with Crippen molar-refractivity contribution in [3.63, 3.8) is 0 Å². The van der Waals surface area contributed by atoms with Crippen molar-refractivity contribution in [1.29, 1.82) is 0 Å². The van der Waals surface area contributed by atoms with E-state index in [2.05, 4.69) is 42.3 Å². The lowest BCUT2D eigenvalue weighted by molar-refractivity contribution is 0.101. The van der Waals surface area contributed by atoms with Crippen LogP contribution in [0.5, 0.6) is 5.75 Å². The summed E-state index contributed by atoms with van der Waals surface area (Å²) in [4.78, 5) is 12.2. The summed E-state index contributed by atoms with van der Waals surface area (Å²) in [5.41, 5.74) is 0.212. The van der Waals surface area contributed by atoms with Crippen LogP contribution in [-0.2, 0) is 6.73 Å². The van der Waals surface area contributed by atoms with Gasteiger partial charge in [-0.1, -0.05) is 43.5 Å². The molecule has 0 radical (unpaired) electrons. The zero-order valence-electron chi connectivity index (χ0n) is 13.0. The number of benzene rings is 2. The molecule has 0 saturated carbocycles. The summed E-state index contributed by atoms with van der Waals surface area (Å²) in [5.74, 6) is -0.569. The van der Waals surface area contributed by atoms with Crippen molar-refractivity contribution >= 4 is 55.1 Å². The van der Waals surface area contributed by atoms with Crippen LogP contribution in [0.15, 0.2) is 57.6 Å². The quantitative estimate of drug-likeness (QED) is 0.501. The lowest BCUT2D eigenvalue weighted by Gasteiger charge is -2.08. The van der Waals surface area contributed by atoms with Crippen LogP contribution in [0, 0.1) is 5.82 Å². The predicted octanol–water partition coefficient (Wildman–Crippen LogP) is 5.49. The van der Waals surface area contributed by atoms with E-state index in [4.69, 9.17) is 16.3 Å². The van der Waals surface area contributed by atoms with Crippen LogP contribution in [0.1, 0.15) is 10.5 Å². The average Bonchev–Trinajstić information content (AvgIpc) is 3.06. The van der Waals surface area contributed by atoms with Gasteiger partial charge in [0.1, 0.15) is 11.6 Å². The number of ether oxygens (including phenoxy) is 1. The summed E-state index contributed by atoms with van der Waals surface area (Å²) in [6.45, 7) is 0.0707. The molecule has 0 saturated heterocycles. The minimum atomic E-state index is -0.541. The number of rotatable bonds is 5. The van der Waals surface area contributed by atoms with Crippen LogP contribution in [0.25, 0.3) is 0 Å². The molecule has 134 valence electrons. The first kappa shape index (κ1) is 18.9. The standard InChI is InChI=1S/C17H11Br2ClFN3O2/c18-10-2-4-16(12(20)7-10)26-9-24-6-5-15(23-24)17(25)22-14-3-1-11(19)8-13(14)21/h1-8H,9H2,(H,22,25). The third kappa shape index (κ3) is 4.63. The first-order chi connectivity index (χ1) is 12.4. The van der Waals surface area contributed by atoms with E-state index >= 15 is 0 Å². The van der Waals surface area contributed by atoms with Gasteiger partial charge in [0.25, 0.3) is 5.91 Å². The second-order valence-corrected chi connectivity index (χ2v) is 7.41. The number of halogens is 4. The molecule has 1 N–H and O–H groups in total. The van der Waals surface area contributed by atoms with Crippen molar-refractivity contribution in [1.82, 2.24) is 9.78 Å². The highest BCUT2D eigenvalue weighted by Gasteiger charge is 2.13. The maximum Gasteiger partial charge on any atom is 0.276 e. The molecule has 1 aromatic heterocycles. The Morgan fingerprint density at radius 1 is 1.19 bits per heavy atom. The van der Waals surface area contributed by atoms with Crippen molar-refractivity contribution in [2.75, 3.05) is 5.32 Å². The number of carbonyl (C=O) groups is 1. The molecule has 9 heteroatoms. The fourth-order valence-corrected chi connectivity index (χ4v) is 3.12. The second-order valence-electron chi connectivity index (χ2n) is 5.17. The highest BCUT2D eigenvalue weighted by molar-refractivity contribution is 9.10. The summed E-state index contributed by atoms with van der Waals surface area (Å²) in [6.07, 6.45) is 1.58. The van der Waals surface area contributed by atoms with E-state index in [0.717, 1.165) is 4.47 Å². The van der Waals surface area contributed by atoms with Crippen molar-refractivity contribution in [3.8, 4) is 5.75 Å². The van der Waals surface area contributed by atoms with Gasteiger partial charge in [-0.2, -0.15) is 5.10 Å². The largest absolute Gasteiger partial charge is 0.470 e. The zero-order valence-corrected chi connectivity index (χ0v) is 17.0. The summed E-state index contributed by atoms with van der Waals surface area (Å²) in [7, 11) is 0. The molecule has 0 bridgehead atoms. The Labute approximate surface area is 170 Å². The Hall–Kier alpha value is -1.90. The topological polar surface area (TPSA) is 56.2 Å². The second kappa shape index (κ2) is 8.20. The van der Waals surface area contributed by atoms with E-state index < -0.39 is 11.7 Å². The summed E-state index contributed by atoms with van der Waals surface area (Å²) < 4.78 is 22.2. The summed E-state index contributed by atoms with van der Waals surface area (Å²) in [6, 6.07) is 11.1. The van der Waals surface area contributed by atoms with Crippen molar-refractivity contribution in [2.24, 2.45) is 0 Å². The van der Waals surface area contributed by atoms with E-state index in [9.17, 15) is 9.18 Å². The summed E-state index contributed by atoms with van der Waals surface area (Å²) in [5, 5.41) is 7.04. The van der Waals surface area contributed by atoms with E-state index in [1.165, 1.54) is 22.9 Å². The minimum Gasteiger partial charge on any atom is -0.470 e. The van der Waals surface area contributed by atoms with Gasteiger partial charge in [-0.25, -0.2) is 9.07 Å². The molecule has 0 fully saturated rings. The first-order valence-electron chi connectivity index (χ1n) is 7.30. The molecule has 3 aromatic rings. The Morgan fingerprint density at radius 3 is 2.65 bits per heavy atom. The van der Waals surface area contributed by atoms with Gasteiger partial charge < -0.3 is 10.1 Å². The Kier molecular flexibility index (Phi) is 5.95. The third-order valence-corrected chi connectivity index (χ3v) is 4.58. The van der Waals surface area contributed by atoms with E-state index in [-0.39, 0.29) is 18.1 Å². The fourth-order valence-electron chi connectivity index (χ4n) is 2.06. The van der Waals surface area contributed by atoms with Crippen molar-refractivity contribution < 1.29 is 13.9 Å². The highest BCUT2D eigenvalue weighted by atomic mass is 79.9. The normalized spacial score (nSPS) is 10.6. The molecule has 0 spiro atoms. The van der Waals surface area contributed by atoms with Crippen LogP contribution in [0.2, 0.25) is 5.02 Å². The molecule has 0 aliphatic carbocycles. The van der Waals surface area contributed by atoms with Crippen molar-refractivity contribution in [3.05, 3.63) is 74.1 Å². The van der Waals surface area contributed by atoms with Gasteiger partial charge in [-0.05, 0) is 42.5 Å². The molecular weight excluding hydrogens is 492 g/mol. The smallest absolute Gasteiger partial charge is 0.276 e. The number of nitrogens with zero attached hydrogens (tertiary/aromatic N) is 2. The Bertz CT molecular complexity index is 965. The number of hydrogen-bond acceptors (Lipinski definition) is 3. The fraction of sp³-hybridized carbons (Fsp3) is 0.0588. The van der Waals surface area contributed by atoms with Gasteiger partial charge in [0.15, 0.2) is 12.4 Å². The summed E-state index contributed by atoms with van der Waals surface area (Å²) >= 11 is 12.6. The maximum atomic E-state index is 13.8. The molecule has 1 amide bonds. The molecular formula is C17H11Br2ClFN3O2. The van der Waals surface area contributed by atoms with Gasteiger partial charge >= 0.3 is 0 Å². The highest BCUT2D eigenvalue weighted by Crippen LogP contribution is 2.28. The molecule has 26 heavy (non-hydrogen) atoms. The van der Waals surface area contributed by atoms with Gasteiger partial charge in [-0.3, -0.25) is 4.79 Å². The molecule has 0 atom stereocenters. The number of aromatic nitrogens is 2. The molecule has 0 unspecified atom stereocenters. The Morgan fingerprint density at radius 2 is 1.92 bits per heavy atom. The molecule has 2 aromatic carbocycles. The number of amides is 1. The number of anilines is 1. The first-order valence-corrected chi connectivity index (χ1v) is 9.26. The lowest BCUT2D eigenvalue weighted by atomic mass is 10.3. The third-order valence-electron chi connectivity index (χ3n) is 3.30. The van der Waals surface area contributed by atoms with E-state index in [0.29, 0.717) is 15.2 Å². The Balaban J connectivity index is 1.64. The number of nitrogens with one attached hydrogen (secondary N) is 1. The number of carbonyl (C=O) groups excluding carboxylic acids is 1. The van der Waals surface area contributed by atoms with Crippen LogP contribution in [0.3, 0.4) is 0 Å². The van der Waals surface area contributed by atoms with Crippen LogP contribution < -0.4 is 10.1 Å². The van der Waals surface area contributed by atoms with Gasteiger partial charge in [0, 0.05) is 15.1 Å².